The smallest absolute Gasteiger partial charge is 0.408 e. The summed E-state index contributed by atoms with van der Waals surface area (Å²) < 4.78 is 16.2. The number of benzene rings is 2. The monoisotopic (exact) mass is 437 g/mol. The molecule has 1 amide bonds. The van der Waals surface area contributed by atoms with E-state index in [4.69, 9.17) is 13.9 Å². The first kappa shape index (κ1) is 23.1. The van der Waals surface area contributed by atoms with E-state index in [0.717, 1.165) is 16.5 Å². The maximum atomic E-state index is 13.0. The molecule has 1 heterocycles. The molecule has 1 unspecified atom stereocenters. The van der Waals surface area contributed by atoms with Crippen LogP contribution in [0.25, 0.3) is 11.0 Å². The number of hydrogen-bond donors (Lipinski definition) is 1. The molecule has 168 valence electrons. The third kappa shape index (κ3) is 5.75. The van der Waals surface area contributed by atoms with E-state index in [9.17, 15) is 14.4 Å². The molecule has 1 N–H and O–H groups in total. The number of amides is 1. The van der Waals surface area contributed by atoms with Crippen LogP contribution in [0, 0.1) is 13.8 Å². The fourth-order valence-electron chi connectivity index (χ4n) is 3.17. The molecule has 3 aromatic rings. The SMILES string of the molecule is Cc1c(C)c2ccc(OC(=O)C(Cc3ccccc3)NC(=O)OC(C)(C)C)cc2oc1=O. The number of ether oxygens (including phenoxy) is 2. The zero-order valence-corrected chi connectivity index (χ0v) is 18.9. The fraction of sp³-hybridized carbons (Fsp3) is 0.320. The molecule has 0 spiro atoms. The summed E-state index contributed by atoms with van der Waals surface area (Å²) in [7, 11) is 0. The van der Waals surface area contributed by atoms with Gasteiger partial charge in [-0.2, -0.15) is 0 Å². The third-order valence-electron chi connectivity index (χ3n) is 4.91. The summed E-state index contributed by atoms with van der Waals surface area (Å²) in [5.41, 5.74) is 1.36. The Balaban J connectivity index is 1.84. The van der Waals surface area contributed by atoms with Gasteiger partial charge in [0, 0.05) is 23.4 Å². The molecule has 0 saturated heterocycles. The van der Waals surface area contributed by atoms with Crippen LogP contribution in [0.3, 0.4) is 0 Å². The summed E-state index contributed by atoms with van der Waals surface area (Å²) >= 11 is 0. The van der Waals surface area contributed by atoms with Gasteiger partial charge in [0.05, 0.1) is 0 Å². The van der Waals surface area contributed by atoms with E-state index >= 15 is 0 Å². The molecule has 7 heteroatoms. The van der Waals surface area contributed by atoms with Crippen molar-refractivity contribution in [1.82, 2.24) is 5.32 Å². The Labute approximate surface area is 186 Å². The molecule has 0 aliphatic carbocycles. The minimum Gasteiger partial charge on any atom is -0.444 e. The Morgan fingerprint density at radius 3 is 2.38 bits per heavy atom. The molecule has 1 aromatic heterocycles. The van der Waals surface area contributed by atoms with Gasteiger partial charge in [-0.05, 0) is 57.9 Å². The van der Waals surface area contributed by atoms with E-state index < -0.39 is 29.3 Å². The second kappa shape index (κ2) is 9.26. The lowest BCUT2D eigenvalue weighted by molar-refractivity contribution is -0.136. The van der Waals surface area contributed by atoms with Crippen LogP contribution in [0.15, 0.2) is 57.7 Å². The minimum atomic E-state index is -0.977. The zero-order valence-electron chi connectivity index (χ0n) is 18.9. The van der Waals surface area contributed by atoms with Crippen molar-refractivity contribution >= 4 is 23.0 Å². The Hall–Kier alpha value is -3.61. The lowest BCUT2D eigenvalue weighted by Gasteiger charge is -2.23. The van der Waals surface area contributed by atoms with Crippen LogP contribution in [0.1, 0.15) is 37.5 Å². The molecule has 0 bridgehead atoms. The summed E-state index contributed by atoms with van der Waals surface area (Å²) in [5.74, 6) is -0.455. The topological polar surface area (TPSA) is 94.8 Å². The summed E-state index contributed by atoms with van der Waals surface area (Å²) in [4.78, 5) is 37.3. The first-order chi connectivity index (χ1) is 15.0. The van der Waals surface area contributed by atoms with Gasteiger partial charge >= 0.3 is 17.7 Å². The van der Waals surface area contributed by atoms with Gasteiger partial charge in [-0.1, -0.05) is 30.3 Å². The van der Waals surface area contributed by atoms with Crippen molar-refractivity contribution in [3.63, 3.8) is 0 Å². The second-order valence-electron chi connectivity index (χ2n) is 8.61. The molecular weight excluding hydrogens is 410 g/mol. The van der Waals surface area contributed by atoms with Crippen molar-refractivity contribution < 1.29 is 23.5 Å². The van der Waals surface area contributed by atoms with Crippen LogP contribution in [-0.2, 0) is 16.0 Å². The van der Waals surface area contributed by atoms with Crippen molar-refractivity contribution in [2.24, 2.45) is 0 Å². The predicted octanol–water partition coefficient (Wildman–Crippen LogP) is 4.45. The molecular formula is C25H27NO6. The molecule has 0 aliphatic heterocycles. The van der Waals surface area contributed by atoms with Crippen molar-refractivity contribution in [2.75, 3.05) is 0 Å². The molecule has 7 nitrogen and oxygen atoms in total. The number of esters is 1. The highest BCUT2D eigenvalue weighted by atomic mass is 16.6. The second-order valence-corrected chi connectivity index (χ2v) is 8.61. The van der Waals surface area contributed by atoms with Crippen molar-refractivity contribution in [2.45, 2.75) is 52.7 Å². The highest BCUT2D eigenvalue weighted by Gasteiger charge is 2.26. The molecule has 3 rings (SSSR count). The van der Waals surface area contributed by atoms with Gasteiger partial charge in [-0.25, -0.2) is 14.4 Å². The number of hydrogen-bond acceptors (Lipinski definition) is 6. The Bertz CT molecular complexity index is 1190. The number of rotatable bonds is 5. The molecule has 0 aliphatic rings. The standard InChI is InChI=1S/C25H27NO6/c1-15-16(2)22(27)31-21-14-18(11-12-19(15)21)30-23(28)20(13-17-9-7-6-8-10-17)26-24(29)32-25(3,4)5/h6-12,14,20H,13H2,1-5H3,(H,26,29). The highest BCUT2D eigenvalue weighted by molar-refractivity contribution is 5.86. The summed E-state index contributed by atoms with van der Waals surface area (Å²) in [6.45, 7) is 8.75. The molecule has 0 radical (unpaired) electrons. The maximum absolute atomic E-state index is 13.0. The van der Waals surface area contributed by atoms with E-state index in [1.54, 1.807) is 39.8 Å². The maximum Gasteiger partial charge on any atom is 0.408 e. The van der Waals surface area contributed by atoms with Crippen molar-refractivity contribution in [3.05, 3.63) is 75.6 Å². The molecule has 32 heavy (non-hydrogen) atoms. The number of alkyl carbamates (subject to hydrolysis) is 1. The quantitative estimate of drug-likeness (QED) is 0.360. The first-order valence-electron chi connectivity index (χ1n) is 10.3. The van der Waals surface area contributed by atoms with Crippen LogP contribution in [0.4, 0.5) is 4.79 Å². The molecule has 0 fully saturated rings. The lowest BCUT2D eigenvalue weighted by Crippen LogP contribution is -2.46. The van der Waals surface area contributed by atoms with Gasteiger partial charge in [-0.15, -0.1) is 0 Å². The van der Waals surface area contributed by atoms with E-state index in [1.165, 1.54) is 6.07 Å². The average molecular weight is 437 g/mol. The van der Waals surface area contributed by atoms with E-state index in [2.05, 4.69) is 5.32 Å². The van der Waals surface area contributed by atoms with Crippen molar-refractivity contribution in [3.8, 4) is 5.75 Å². The normalized spacial score (nSPS) is 12.3. The summed E-state index contributed by atoms with van der Waals surface area (Å²) in [6.07, 6.45) is -0.495. The van der Waals surface area contributed by atoms with Gasteiger partial charge < -0.3 is 19.2 Å². The third-order valence-corrected chi connectivity index (χ3v) is 4.91. The van der Waals surface area contributed by atoms with Gasteiger partial charge in [0.15, 0.2) is 0 Å². The number of aryl methyl sites for hydroxylation is 1. The molecule has 1 atom stereocenters. The van der Waals surface area contributed by atoms with E-state index in [1.807, 2.05) is 37.3 Å². The van der Waals surface area contributed by atoms with Gasteiger partial charge in [0.25, 0.3) is 0 Å². The largest absolute Gasteiger partial charge is 0.444 e. The highest BCUT2D eigenvalue weighted by Crippen LogP contribution is 2.24. The zero-order chi connectivity index (χ0) is 23.5. The van der Waals surface area contributed by atoms with Gasteiger partial charge in [0.2, 0.25) is 0 Å². The van der Waals surface area contributed by atoms with Crippen LogP contribution in [0.5, 0.6) is 5.75 Å². The first-order valence-corrected chi connectivity index (χ1v) is 10.3. The summed E-state index contributed by atoms with van der Waals surface area (Å²) in [6, 6.07) is 13.1. The Kier molecular flexibility index (Phi) is 6.67. The Morgan fingerprint density at radius 1 is 1.03 bits per heavy atom. The van der Waals surface area contributed by atoms with E-state index in [-0.39, 0.29) is 12.2 Å². The Morgan fingerprint density at radius 2 is 1.72 bits per heavy atom. The van der Waals surface area contributed by atoms with Crippen LogP contribution < -0.4 is 15.7 Å². The van der Waals surface area contributed by atoms with Gasteiger partial charge in [-0.3, -0.25) is 0 Å². The minimum absolute atomic E-state index is 0.206. The molecule has 0 saturated carbocycles. The van der Waals surface area contributed by atoms with Gasteiger partial charge in [0.1, 0.15) is 23.0 Å². The summed E-state index contributed by atoms with van der Waals surface area (Å²) in [5, 5.41) is 3.35. The number of nitrogens with one attached hydrogen (secondary N) is 1. The van der Waals surface area contributed by atoms with Crippen LogP contribution in [0.2, 0.25) is 0 Å². The van der Waals surface area contributed by atoms with Crippen LogP contribution in [-0.4, -0.2) is 23.7 Å². The number of carbonyl (C=O) groups excluding carboxylic acids is 2. The fourth-order valence-corrected chi connectivity index (χ4v) is 3.17. The number of fused-ring (bicyclic) bond motifs is 1. The predicted molar refractivity (Wildman–Crippen MR) is 121 cm³/mol. The number of carbonyl (C=O) groups is 2. The molecule has 2 aromatic carbocycles. The average Bonchev–Trinajstić information content (AvgIpc) is 2.71. The van der Waals surface area contributed by atoms with Crippen LogP contribution >= 0.6 is 0 Å². The van der Waals surface area contributed by atoms with Crippen molar-refractivity contribution in [1.29, 1.82) is 0 Å². The lowest BCUT2D eigenvalue weighted by atomic mass is 10.1. The van der Waals surface area contributed by atoms with E-state index in [0.29, 0.717) is 11.1 Å².